The number of H-pyrrole nitrogens is 1. The molecule has 5 nitrogen and oxygen atoms in total. The second-order valence-corrected chi connectivity index (χ2v) is 1.57. The summed E-state index contributed by atoms with van der Waals surface area (Å²) in [5, 5.41) is 13.1. The number of nitrogens with one attached hydrogen (secondary N) is 1. The fourth-order valence-electron chi connectivity index (χ4n) is 0.420. The van der Waals surface area contributed by atoms with Crippen molar-refractivity contribution >= 4 is 0 Å². The molecule has 2 aromatic heterocycles. The number of aromatic nitrogens is 5. The van der Waals surface area contributed by atoms with E-state index in [9.17, 15) is 0 Å². The van der Waals surface area contributed by atoms with Crippen LogP contribution in [0.4, 0.5) is 0 Å². The minimum atomic E-state index is 1.44. The van der Waals surface area contributed by atoms with E-state index in [0.29, 0.717) is 0 Å². The Kier molecular flexibility index (Phi) is 3.36. The first-order valence-electron chi connectivity index (χ1n) is 3.00. The van der Waals surface area contributed by atoms with Gasteiger partial charge in [-0.15, -0.1) is 0 Å². The Morgan fingerprint density at radius 2 is 1.73 bits per heavy atom. The zero-order chi connectivity index (χ0) is 7.78. The summed E-state index contributed by atoms with van der Waals surface area (Å²) in [6.45, 7) is 0. The Labute approximate surface area is 63.5 Å². The summed E-state index contributed by atoms with van der Waals surface area (Å²) in [6.07, 6.45) is 6.24. The third kappa shape index (κ3) is 3.74. The second kappa shape index (κ2) is 5.04. The highest BCUT2D eigenvalue weighted by Crippen LogP contribution is 1.68. The molecule has 0 aromatic carbocycles. The number of rotatable bonds is 0. The van der Waals surface area contributed by atoms with Crippen molar-refractivity contribution in [1.29, 1.82) is 0 Å². The van der Waals surface area contributed by atoms with Crippen LogP contribution in [0.15, 0.2) is 37.2 Å². The maximum Gasteiger partial charge on any atom is 0.137 e. The summed E-state index contributed by atoms with van der Waals surface area (Å²) in [4.78, 5) is 3.56. The Morgan fingerprint density at radius 1 is 1.00 bits per heavy atom. The van der Waals surface area contributed by atoms with Gasteiger partial charge < -0.3 is 0 Å². The molecule has 0 radical (unpaired) electrons. The number of hydrogen-bond acceptors (Lipinski definition) is 4. The van der Waals surface area contributed by atoms with Gasteiger partial charge >= 0.3 is 0 Å². The molecule has 0 bridgehead atoms. The lowest BCUT2D eigenvalue weighted by molar-refractivity contribution is 1.03. The third-order valence-electron chi connectivity index (χ3n) is 0.814. The van der Waals surface area contributed by atoms with E-state index in [1.807, 2.05) is 12.1 Å². The van der Waals surface area contributed by atoms with Crippen molar-refractivity contribution in [3.63, 3.8) is 0 Å². The van der Waals surface area contributed by atoms with Crippen LogP contribution in [0, 0.1) is 0 Å². The molecule has 1 N–H and O–H groups in total. The predicted octanol–water partition coefficient (Wildman–Crippen LogP) is 0.281. The molecule has 0 saturated heterocycles. The Balaban J connectivity index is 0.000000112. The molecule has 11 heavy (non-hydrogen) atoms. The summed E-state index contributed by atoms with van der Waals surface area (Å²) >= 11 is 0. The van der Waals surface area contributed by atoms with Gasteiger partial charge in [0.15, 0.2) is 0 Å². The SMILES string of the molecule is c1ccnnc1.c1nc[nH]n1. The highest BCUT2D eigenvalue weighted by Gasteiger charge is 1.59. The minimum absolute atomic E-state index is 1.44. The third-order valence-corrected chi connectivity index (χ3v) is 0.814. The van der Waals surface area contributed by atoms with Crippen LogP contribution in [0.1, 0.15) is 0 Å². The fourth-order valence-corrected chi connectivity index (χ4v) is 0.420. The zero-order valence-corrected chi connectivity index (χ0v) is 5.75. The second-order valence-electron chi connectivity index (χ2n) is 1.57. The van der Waals surface area contributed by atoms with Gasteiger partial charge in [-0.25, -0.2) is 4.98 Å². The minimum Gasteiger partial charge on any atom is -0.266 e. The first-order chi connectivity index (χ1) is 5.50. The van der Waals surface area contributed by atoms with E-state index in [1.165, 1.54) is 12.7 Å². The van der Waals surface area contributed by atoms with Crippen LogP contribution >= 0.6 is 0 Å². The zero-order valence-electron chi connectivity index (χ0n) is 5.75. The van der Waals surface area contributed by atoms with Crippen LogP contribution in [0.3, 0.4) is 0 Å². The molecule has 2 rings (SSSR count). The monoisotopic (exact) mass is 149 g/mol. The first-order valence-corrected chi connectivity index (χ1v) is 3.00. The maximum atomic E-state index is 3.56. The molecule has 56 valence electrons. The number of aromatic amines is 1. The highest BCUT2D eigenvalue weighted by atomic mass is 15.2. The molecule has 0 unspecified atom stereocenters. The van der Waals surface area contributed by atoms with Gasteiger partial charge in [0, 0.05) is 12.4 Å². The van der Waals surface area contributed by atoms with Crippen molar-refractivity contribution in [3.05, 3.63) is 37.2 Å². The van der Waals surface area contributed by atoms with Gasteiger partial charge in [-0.1, -0.05) is 0 Å². The molecule has 2 aromatic rings. The quantitative estimate of drug-likeness (QED) is 0.584. The fraction of sp³-hybridized carbons (Fsp3) is 0. The Bertz CT molecular complexity index is 197. The van der Waals surface area contributed by atoms with E-state index in [0.717, 1.165) is 0 Å². The van der Waals surface area contributed by atoms with Crippen LogP contribution in [-0.4, -0.2) is 25.4 Å². The summed E-state index contributed by atoms with van der Waals surface area (Å²) in [6, 6.07) is 3.65. The number of hydrogen-bond donors (Lipinski definition) is 1. The van der Waals surface area contributed by atoms with E-state index in [2.05, 4.69) is 25.4 Å². The largest absolute Gasteiger partial charge is 0.266 e. The van der Waals surface area contributed by atoms with Gasteiger partial charge in [0.2, 0.25) is 0 Å². The molecule has 0 amide bonds. The van der Waals surface area contributed by atoms with Crippen LogP contribution in [0.5, 0.6) is 0 Å². The van der Waals surface area contributed by atoms with Crippen LogP contribution in [0.2, 0.25) is 0 Å². The first kappa shape index (κ1) is 7.33. The average Bonchev–Trinajstić information content (AvgIpc) is 2.64. The van der Waals surface area contributed by atoms with E-state index in [4.69, 9.17) is 0 Å². The van der Waals surface area contributed by atoms with Crippen molar-refractivity contribution in [2.24, 2.45) is 0 Å². The Morgan fingerprint density at radius 3 is 1.91 bits per heavy atom. The topological polar surface area (TPSA) is 67.3 Å². The van der Waals surface area contributed by atoms with Crippen LogP contribution < -0.4 is 0 Å². The van der Waals surface area contributed by atoms with Crippen molar-refractivity contribution in [3.8, 4) is 0 Å². The van der Waals surface area contributed by atoms with Gasteiger partial charge in [0.25, 0.3) is 0 Å². The molecule has 0 atom stereocenters. The normalized spacial score (nSPS) is 8.00. The van der Waals surface area contributed by atoms with Crippen molar-refractivity contribution < 1.29 is 0 Å². The smallest absolute Gasteiger partial charge is 0.137 e. The molecule has 0 spiro atoms. The van der Waals surface area contributed by atoms with Crippen molar-refractivity contribution in [2.45, 2.75) is 0 Å². The predicted molar refractivity (Wildman–Crippen MR) is 38.4 cm³/mol. The van der Waals surface area contributed by atoms with Crippen LogP contribution in [0.25, 0.3) is 0 Å². The van der Waals surface area contributed by atoms with Crippen LogP contribution in [-0.2, 0) is 0 Å². The lowest BCUT2D eigenvalue weighted by Gasteiger charge is -1.69. The Hall–Kier alpha value is -1.78. The van der Waals surface area contributed by atoms with E-state index < -0.39 is 0 Å². The standard InChI is InChI=1S/C4H4N2.C2H3N3/c1-2-4-6-5-3-1;1-3-2-5-4-1/h1-4H;1-2H,(H,3,4,5). The van der Waals surface area contributed by atoms with Gasteiger partial charge in [0.1, 0.15) is 12.7 Å². The molecule has 0 aliphatic carbocycles. The molecule has 5 heteroatoms. The van der Waals surface area contributed by atoms with Gasteiger partial charge in [-0.05, 0) is 12.1 Å². The summed E-state index contributed by atoms with van der Waals surface area (Å²) in [5.74, 6) is 0. The van der Waals surface area contributed by atoms with Gasteiger partial charge in [0.05, 0.1) is 0 Å². The molecule has 0 saturated carbocycles. The summed E-state index contributed by atoms with van der Waals surface area (Å²) in [5.41, 5.74) is 0. The molecule has 0 aliphatic rings. The summed E-state index contributed by atoms with van der Waals surface area (Å²) < 4.78 is 0. The highest BCUT2D eigenvalue weighted by molar-refractivity contribution is 4.79. The lowest BCUT2D eigenvalue weighted by Crippen LogP contribution is -1.69. The lowest BCUT2D eigenvalue weighted by atomic mass is 10.6. The molecule has 2 heterocycles. The van der Waals surface area contributed by atoms with E-state index in [1.54, 1.807) is 12.4 Å². The maximum absolute atomic E-state index is 3.56. The van der Waals surface area contributed by atoms with Gasteiger partial charge in [-0.2, -0.15) is 15.3 Å². The van der Waals surface area contributed by atoms with E-state index in [-0.39, 0.29) is 0 Å². The molecular weight excluding hydrogens is 142 g/mol. The van der Waals surface area contributed by atoms with Crippen molar-refractivity contribution in [1.82, 2.24) is 25.4 Å². The van der Waals surface area contributed by atoms with Crippen molar-refractivity contribution in [2.75, 3.05) is 0 Å². The van der Waals surface area contributed by atoms with E-state index >= 15 is 0 Å². The van der Waals surface area contributed by atoms with Gasteiger partial charge in [-0.3, -0.25) is 5.10 Å². The molecule has 0 fully saturated rings. The average molecular weight is 149 g/mol. The molecular formula is C6H7N5. The summed E-state index contributed by atoms with van der Waals surface area (Å²) in [7, 11) is 0. The molecule has 0 aliphatic heterocycles. The number of nitrogens with zero attached hydrogens (tertiary/aromatic N) is 4.